The summed E-state index contributed by atoms with van der Waals surface area (Å²) in [5, 5.41) is 0. The number of alkyl halides is 2. The number of carbonyl (C=O) groups is 1. The van der Waals surface area contributed by atoms with Crippen LogP contribution in [-0.2, 0) is 4.74 Å². The number of halogens is 2. The van der Waals surface area contributed by atoms with E-state index in [0.717, 1.165) is 0 Å². The Morgan fingerprint density at radius 1 is 1.14 bits per heavy atom. The second-order valence-corrected chi connectivity index (χ2v) is 4.20. The van der Waals surface area contributed by atoms with E-state index in [-0.39, 0.29) is 11.4 Å². The summed E-state index contributed by atoms with van der Waals surface area (Å²) in [6.07, 6.45) is 0. The summed E-state index contributed by atoms with van der Waals surface area (Å²) in [6.45, 7) is -2.95. The van der Waals surface area contributed by atoms with E-state index in [2.05, 4.69) is 9.47 Å². The molecule has 0 aromatic heterocycles. The topological polar surface area (TPSA) is 61.5 Å². The van der Waals surface area contributed by atoms with Crippen molar-refractivity contribution in [3.63, 3.8) is 0 Å². The zero-order chi connectivity index (χ0) is 15.4. The van der Waals surface area contributed by atoms with Crippen molar-refractivity contribution in [1.82, 2.24) is 0 Å². The molecular formula is C15H13F2NO3. The molecule has 0 unspecified atom stereocenters. The Morgan fingerprint density at radius 3 is 2.52 bits per heavy atom. The number of hydrogen-bond acceptors (Lipinski definition) is 4. The van der Waals surface area contributed by atoms with Crippen LogP contribution in [0, 0.1) is 0 Å². The van der Waals surface area contributed by atoms with E-state index in [9.17, 15) is 13.6 Å². The smallest absolute Gasteiger partial charge is 0.387 e. The van der Waals surface area contributed by atoms with E-state index in [1.165, 1.54) is 19.2 Å². The zero-order valence-corrected chi connectivity index (χ0v) is 11.2. The maximum absolute atomic E-state index is 12.3. The molecule has 0 bridgehead atoms. The molecule has 0 aliphatic carbocycles. The molecule has 6 heteroatoms. The number of hydrogen-bond donors (Lipinski definition) is 1. The number of rotatable bonds is 4. The molecule has 0 heterocycles. The van der Waals surface area contributed by atoms with Gasteiger partial charge in [0.05, 0.1) is 18.4 Å². The lowest BCUT2D eigenvalue weighted by atomic mass is 10.0. The van der Waals surface area contributed by atoms with E-state index in [4.69, 9.17) is 5.73 Å². The number of esters is 1. The maximum atomic E-state index is 12.3. The number of nitrogens with two attached hydrogens (primary N) is 1. The first kappa shape index (κ1) is 14.8. The fraction of sp³-hybridized carbons (Fsp3) is 0.133. The maximum Gasteiger partial charge on any atom is 0.387 e. The van der Waals surface area contributed by atoms with Crippen molar-refractivity contribution >= 4 is 11.7 Å². The van der Waals surface area contributed by atoms with Gasteiger partial charge in [0.25, 0.3) is 0 Å². The predicted molar refractivity (Wildman–Crippen MR) is 74.3 cm³/mol. The van der Waals surface area contributed by atoms with Crippen molar-refractivity contribution in [1.29, 1.82) is 0 Å². The minimum absolute atomic E-state index is 0.106. The highest BCUT2D eigenvalue weighted by atomic mass is 19.3. The SMILES string of the molecule is COC(=O)c1cccc(-c2ccc(N)c(OC(F)F)c2)c1. The third-order valence-electron chi connectivity index (χ3n) is 2.85. The van der Waals surface area contributed by atoms with Crippen LogP contribution in [0.5, 0.6) is 5.75 Å². The van der Waals surface area contributed by atoms with E-state index in [1.54, 1.807) is 30.3 Å². The minimum Gasteiger partial charge on any atom is -0.465 e. The van der Waals surface area contributed by atoms with Gasteiger partial charge in [-0.3, -0.25) is 0 Å². The molecule has 2 N–H and O–H groups in total. The minimum atomic E-state index is -2.95. The lowest BCUT2D eigenvalue weighted by molar-refractivity contribution is -0.0493. The molecule has 0 saturated heterocycles. The van der Waals surface area contributed by atoms with Crippen LogP contribution in [0.2, 0.25) is 0 Å². The molecule has 21 heavy (non-hydrogen) atoms. The number of nitrogen functional groups attached to an aromatic ring is 1. The Bertz CT molecular complexity index is 659. The van der Waals surface area contributed by atoms with Crippen LogP contribution < -0.4 is 10.5 Å². The summed E-state index contributed by atoms with van der Waals surface area (Å²) in [6, 6.07) is 11.1. The van der Waals surface area contributed by atoms with E-state index in [0.29, 0.717) is 16.7 Å². The highest BCUT2D eigenvalue weighted by molar-refractivity contribution is 5.91. The van der Waals surface area contributed by atoms with Gasteiger partial charge in [-0.05, 0) is 35.4 Å². The molecule has 0 aliphatic heterocycles. The van der Waals surface area contributed by atoms with Gasteiger partial charge >= 0.3 is 12.6 Å². The van der Waals surface area contributed by atoms with Crippen molar-refractivity contribution in [3.05, 3.63) is 48.0 Å². The summed E-state index contributed by atoms with van der Waals surface area (Å²) in [4.78, 5) is 11.5. The number of benzene rings is 2. The summed E-state index contributed by atoms with van der Waals surface area (Å²) in [5.41, 5.74) is 7.33. The highest BCUT2D eigenvalue weighted by Gasteiger charge is 2.11. The van der Waals surface area contributed by atoms with E-state index >= 15 is 0 Å². The fourth-order valence-corrected chi connectivity index (χ4v) is 1.86. The molecular weight excluding hydrogens is 280 g/mol. The molecule has 0 saturated carbocycles. The first-order valence-corrected chi connectivity index (χ1v) is 6.04. The van der Waals surface area contributed by atoms with Gasteiger partial charge in [-0.2, -0.15) is 8.78 Å². The first-order valence-electron chi connectivity index (χ1n) is 6.04. The second kappa shape index (κ2) is 6.21. The van der Waals surface area contributed by atoms with Gasteiger partial charge in [0.1, 0.15) is 5.75 Å². The molecule has 2 aromatic carbocycles. The Kier molecular flexibility index (Phi) is 4.37. The normalized spacial score (nSPS) is 10.5. The average Bonchev–Trinajstić information content (AvgIpc) is 2.48. The summed E-state index contributed by atoms with van der Waals surface area (Å²) in [5.74, 6) is -0.581. The molecule has 2 aromatic rings. The van der Waals surface area contributed by atoms with Crippen molar-refractivity contribution in [2.24, 2.45) is 0 Å². The van der Waals surface area contributed by atoms with Crippen LogP contribution in [0.1, 0.15) is 10.4 Å². The quantitative estimate of drug-likeness (QED) is 0.694. The van der Waals surface area contributed by atoms with Gasteiger partial charge in [-0.25, -0.2) is 4.79 Å². The molecule has 0 radical (unpaired) electrons. The van der Waals surface area contributed by atoms with Crippen LogP contribution in [0.15, 0.2) is 42.5 Å². The molecule has 110 valence electrons. The largest absolute Gasteiger partial charge is 0.465 e. The number of anilines is 1. The fourth-order valence-electron chi connectivity index (χ4n) is 1.86. The van der Waals surface area contributed by atoms with Gasteiger partial charge in [0, 0.05) is 0 Å². The summed E-state index contributed by atoms with van der Waals surface area (Å²) >= 11 is 0. The van der Waals surface area contributed by atoms with Gasteiger partial charge in [0.15, 0.2) is 0 Å². The third-order valence-corrected chi connectivity index (χ3v) is 2.85. The highest BCUT2D eigenvalue weighted by Crippen LogP contribution is 2.30. The second-order valence-electron chi connectivity index (χ2n) is 4.20. The molecule has 2 rings (SSSR count). The lowest BCUT2D eigenvalue weighted by Gasteiger charge is -2.10. The van der Waals surface area contributed by atoms with Gasteiger partial charge < -0.3 is 15.2 Å². The predicted octanol–water partition coefficient (Wildman–Crippen LogP) is 3.32. The molecule has 0 fully saturated rings. The average molecular weight is 293 g/mol. The molecule has 0 amide bonds. The van der Waals surface area contributed by atoms with Crippen molar-refractivity contribution in [3.8, 4) is 16.9 Å². The molecule has 0 atom stereocenters. The van der Waals surface area contributed by atoms with Crippen molar-refractivity contribution in [2.45, 2.75) is 6.61 Å². The van der Waals surface area contributed by atoms with E-state index < -0.39 is 12.6 Å². The van der Waals surface area contributed by atoms with Crippen molar-refractivity contribution < 1.29 is 23.0 Å². The Hall–Kier alpha value is -2.63. The first-order chi connectivity index (χ1) is 10.0. The van der Waals surface area contributed by atoms with Crippen molar-refractivity contribution in [2.75, 3.05) is 12.8 Å². The molecule has 4 nitrogen and oxygen atoms in total. The standard InChI is InChI=1S/C15H13F2NO3/c1-20-14(19)11-4-2-3-9(7-11)10-5-6-12(18)13(8-10)21-15(16)17/h2-8,15H,18H2,1H3. The van der Waals surface area contributed by atoms with Gasteiger partial charge in [-0.15, -0.1) is 0 Å². The number of carbonyl (C=O) groups excluding carboxylic acids is 1. The van der Waals surface area contributed by atoms with E-state index in [1.807, 2.05) is 0 Å². The number of ether oxygens (including phenoxy) is 2. The zero-order valence-electron chi connectivity index (χ0n) is 11.2. The van der Waals surface area contributed by atoms with Gasteiger partial charge in [-0.1, -0.05) is 18.2 Å². The monoisotopic (exact) mass is 293 g/mol. The van der Waals surface area contributed by atoms with Gasteiger partial charge in [0.2, 0.25) is 0 Å². The molecule has 0 spiro atoms. The Morgan fingerprint density at radius 2 is 1.86 bits per heavy atom. The van der Waals surface area contributed by atoms with Crippen LogP contribution in [0.25, 0.3) is 11.1 Å². The van der Waals surface area contributed by atoms with Crippen LogP contribution in [0.4, 0.5) is 14.5 Å². The Labute approximate surface area is 120 Å². The summed E-state index contributed by atoms with van der Waals surface area (Å²) < 4.78 is 33.6. The summed E-state index contributed by atoms with van der Waals surface area (Å²) in [7, 11) is 1.28. The Balaban J connectivity index is 2.40. The number of methoxy groups -OCH3 is 1. The van der Waals surface area contributed by atoms with Crippen LogP contribution in [0.3, 0.4) is 0 Å². The lowest BCUT2D eigenvalue weighted by Crippen LogP contribution is -2.04. The molecule has 0 aliphatic rings. The van der Waals surface area contributed by atoms with Crippen LogP contribution >= 0.6 is 0 Å². The third kappa shape index (κ3) is 3.47. The van der Waals surface area contributed by atoms with Crippen LogP contribution in [-0.4, -0.2) is 19.7 Å².